The molecule has 1 aromatic carbocycles. The molecule has 0 spiro atoms. The molecule has 1 saturated carbocycles. The minimum atomic E-state index is -0.0763. The van der Waals surface area contributed by atoms with Crippen molar-refractivity contribution in [1.82, 2.24) is 14.5 Å². The van der Waals surface area contributed by atoms with Crippen molar-refractivity contribution in [2.24, 2.45) is 0 Å². The summed E-state index contributed by atoms with van der Waals surface area (Å²) in [5, 5.41) is 0. The first-order valence-corrected chi connectivity index (χ1v) is 8.53. The first-order chi connectivity index (χ1) is 12.2. The molecule has 0 unspecified atom stereocenters. The Hall–Kier alpha value is -2.95. The molecule has 0 atom stereocenters. The molecule has 0 saturated heterocycles. The third-order valence-corrected chi connectivity index (χ3v) is 4.53. The average Bonchev–Trinajstić information content (AvgIpc) is 3.47. The Kier molecular flexibility index (Phi) is 4.06. The fourth-order valence-electron chi connectivity index (χ4n) is 3.07. The van der Waals surface area contributed by atoms with Gasteiger partial charge in [0.05, 0.1) is 5.69 Å². The van der Waals surface area contributed by atoms with E-state index in [-0.39, 0.29) is 5.56 Å². The van der Waals surface area contributed by atoms with Crippen LogP contribution in [0.1, 0.15) is 24.0 Å². The van der Waals surface area contributed by atoms with E-state index in [4.69, 9.17) is 0 Å². The standard InChI is InChI=1S/C20H20N4O/c1-15-5-2-3-7-18(15)23-12-11-22-19(20(23)25)24(17-8-9-17)14-16-6-4-10-21-13-16/h2-7,10-13,17H,8-9,14H2,1H3. The molecular formula is C20H20N4O. The third kappa shape index (κ3) is 3.18. The SMILES string of the molecule is Cc1ccccc1-n1ccnc(N(Cc2cccnc2)C2CC2)c1=O. The number of anilines is 1. The number of hydrogen-bond acceptors (Lipinski definition) is 4. The molecule has 2 heterocycles. The average molecular weight is 332 g/mol. The van der Waals surface area contributed by atoms with Crippen LogP contribution in [0.2, 0.25) is 0 Å². The molecule has 2 aromatic heterocycles. The van der Waals surface area contributed by atoms with Crippen LogP contribution in [-0.2, 0) is 6.54 Å². The highest BCUT2D eigenvalue weighted by atomic mass is 16.1. The van der Waals surface area contributed by atoms with Crippen molar-refractivity contribution in [3.05, 3.63) is 82.7 Å². The van der Waals surface area contributed by atoms with Crippen LogP contribution in [0.25, 0.3) is 5.69 Å². The molecular weight excluding hydrogens is 312 g/mol. The molecule has 4 rings (SSSR count). The van der Waals surface area contributed by atoms with E-state index in [1.807, 2.05) is 49.5 Å². The number of hydrogen-bond donors (Lipinski definition) is 0. The first kappa shape index (κ1) is 15.6. The van der Waals surface area contributed by atoms with Crippen molar-refractivity contribution in [2.45, 2.75) is 32.4 Å². The van der Waals surface area contributed by atoms with Crippen LogP contribution >= 0.6 is 0 Å². The molecule has 1 fully saturated rings. The number of nitrogens with zero attached hydrogens (tertiary/aromatic N) is 4. The Bertz CT molecular complexity index is 932. The number of pyridine rings is 1. The lowest BCUT2D eigenvalue weighted by Gasteiger charge is -2.23. The smallest absolute Gasteiger partial charge is 0.298 e. The van der Waals surface area contributed by atoms with E-state index >= 15 is 0 Å². The van der Waals surface area contributed by atoms with Gasteiger partial charge in [-0.3, -0.25) is 14.3 Å². The van der Waals surface area contributed by atoms with Crippen LogP contribution in [0.5, 0.6) is 0 Å². The lowest BCUT2D eigenvalue weighted by Crippen LogP contribution is -2.34. The molecule has 0 amide bonds. The fraction of sp³-hybridized carbons (Fsp3) is 0.250. The van der Waals surface area contributed by atoms with Gasteiger partial charge in [-0.15, -0.1) is 0 Å². The minimum Gasteiger partial charge on any atom is -0.345 e. The van der Waals surface area contributed by atoms with Crippen LogP contribution in [-0.4, -0.2) is 20.6 Å². The van der Waals surface area contributed by atoms with Gasteiger partial charge in [0.25, 0.3) is 5.56 Å². The van der Waals surface area contributed by atoms with Gasteiger partial charge in [-0.2, -0.15) is 0 Å². The second-order valence-corrected chi connectivity index (χ2v) is 6.43. The molecule has 1 aliphatic rings. The van der Waals surface area contributed by atoms with Gasteiger partial charge < -0.3 is 4.90 Å². The van der Waals surface area contributed by atoms with Crippen molar-refractivity contribution < 1.29 is 0 Å². The van der Waals surface area contributed by atoms with Crippen LogP contribution < -0.4 is 10.5 Å². The van der Waals surface area contributed by atoms with E-state index < -0.39 is 0 Å². The molecule has 0 aliphatic heterocycles. The Morgan fingerprint density at radius 2 is 2.00 bits per heavy atom. The van der Waals surface area contributed by atoms with Crippen molar-refractivity contribution in [3.63, 3.8) is 0 Å². The molecule has 1 aliphatic carbocycles. The van der Waals surface area contributed by atoms with E-state index in [0.29, 0.717) is 18.4 Å². The van der Waals surface area contributed by atoms with Crippen LogP contribution in [0.4, 0.5) is 5.82 Å². The molecule has 25 heavy (non-hydrogen) atoms. The summed E-state index contributed by atoms with van der Waals surface area (Å²) in [7, 11) is 0. The van der Waals surface area contributed by atoms with Crippen molar-refractivity contribution in [3.8, 4) is 5.69 Å². The van der Waals surface area contributed by atoms with Crippen LogP contribution in [0, 0.1) is 6.92 Å². The number of aromatic nitrogens is 3. The summed E-state index contributed by atoms with van der Waals surface area (Å²) in [6, 6.07) is 12.2. The molecule has 3 aromatic rings. The zero-order chi connectivity index (χ0) is 17.2. The van der Waals surface area contributed by atoms with Gasteiger partial charge in [0.1, 0.15) is 0 Å². The molecule has 126 valence electrons. The van der Waals surface area contributed by atoms with Crippen LogP contribution in [0.15, 0.2) is 66.0 Å². The highest BCUT2D eigenvalue weighted by Crippen LogP contribution is 2.30. The molecule has 0 bridgehead atoms. The summed E-state index contributed by atoms with van der Waals surface area (Å²) in [4.78, 5) is 23.9. The summed E-state index contributed by atoms with van der Waals surface area (Å²) < 4.78 is 1.69. The maximum atomic E-state index is 13.1. The Balaban J connectivity index is 1.75. The summed E-state index contributed by atoms with van der Waals surface area (Å²) in [6.45, 7) is 2.66. The van der Waals surface area contributed by atoms with E-state index in [9.17, 15) is 4.79 Å². The van der Waals surface area contributed by atoms with E-state index in [2.05, 4.69) is 14.9 Å². The van der Waals surface area contributed by atoms with Gasteiger partial charge in [0.2, 0.25) is 0 Å². The van der Waals surface area contributed by atoms with E-state index in [0.717, 1.165) is 29.7 Å². The maximum absolute atomic E-state index is 13.1. The highest BCUT2D eigenvalue weighted by Gasteiger charge is 2.32. The van der Waals surface area contributed by atoms with Gasteiger partial charge in [0.15, 0.2) is 5.82 Å². The second-order valence-electron chi connectivity index (χ2n) is 6.43. The van der Waals surface area contributed by atoms with Gasteiger partial charge in [-0.25, -0.2) is 4.98 Å². The van der Waals surface area contributed by atoms with Gasteiger partial charge in [0, 0.05) is 37.4 Å². The fourth-order valence-corrected chi connectivity index (χ4v) is 3.07. The highest BCUT2D eigenvalue weighted by molar-refractivity contribution is 5.46. The Morgan fingerprint density at radius 3 is 2.72 bits per heavy atom. The van der Waals surface area contributed by atoms with Gasteiger partial charge in [-0.1, -0.05) is 24.3 Å². The molecule has 5 nitrogen and oxygen atoms in total. The normalized spacial score (nSPS) is 13.6. The van der Waals surface area contributed by atoms with Crippen LogP contribution in [0.3, 0.4) is 0 Å². The maximum Gasteiger partial charge on any atom is 0.298 e. The van der Waals surface area contributed by atoms with Crippen molar-refractivity contribution in [1.29, 1.82) is 0 Å². The number of para-hydroxylation sites is 1. The van der Waals surface area contributed by atoms with Crippen molar-refractivity contribution >= 4 is 5.82 Å². The van der Waals surface area contributed by atoms with E-state index in [1.54, 1.807) is 23.2 Å². The largest absolute Gasteiger partial charge is 0.345 e. The molecule has 0 radical (unpaired) electrons. The Labute approximate surface area is 146 Å². The van der Waals surface area contributed by atoms with Gasteiger partial charge in [-0.05, 0) is 43.0 Å². The monoisotopic (exact) mass is 332 g/mol. The summed E-state index contributed by atoms with van der Waals surface area (Å²) in [5.74, 6) is 0.511. The first-order valence-electron chi connectivity index (χ1n) is 8.53. The van der Waals surface area contributed by atoms with Crippen molar-refractivity contribution in [2.75, 3.05) is 4.90 Å². The number of benzene rings is 1. The topological polar surface area (TPSA) is 51.0 Å². The lowest BCUT2D eigenvalue weighted by molar-refractivity contribution is 0.756. The zero-order valence-corrected chi connectivity index (χ0v) is 14.2. The molecule has 5 heteroatoms. The van der Waals surface area contributed by atoms with Gasteiger partial charge >= 0.3 is 0 Å². The second kappa shape index (κ2) is 6.51. The predicted octanol–water partition coefficient (Wildman–Crippen LogP) is 3.10. The zero-order valence-electron chi connectivity index (χ0n) is 14.2. The summed E-state index contributed by atoms with van der Waals surface area (Å²) >= 11 is 0. The predicted molar refractivity (Wildman–Crippen MR) is 98.0 cm³/mol. The molecule has 0 N–H and O–H groups in total. The summed E-state index contributed by atoms with van der Waals surface area (Å²) in [6.07, 6.45) is 9.25. The number of rotatable bonds is 5. The quantitative estimate of drug-likeness (QED) is 0.720. The summed E-state index contributed by atoms with van der Waals surface area (Å²) in [5.41, 5.74) is 2.97. The minimum absolute atomic E-state index is 0.0763. The third-order valence-electron chi connectivity index (χ3n) is 4.53. The Morgan fingerprint density at radius 1 is 1.16 bits per heavy atom. The van der Waals surface area contributed by atoms with E-state index in [1.165, 1.54) is 0 Å². The lowest BCUT2D eigenvalue weighted by atomic mass is 10.2. The number of aryl methyl sites for hydroxylation is 1.